The van der Waals surface area contributed by atoms with Crippen molar-refractivity contribution < 1.29 is 68.9 Å². The maximum atomic E-state index is 13.7. The summed E-state index contributed by atoms with van der Waals surface area (Å²) in [6.07, 6.45) is -8.04. The second-order valence-corrected chi connectivity index (χ2v) is 10.6. The van der Waals surface area contributed by atoms with E-state index < -0.39 is 102 Å². The molecule has 43 heavy (non-hydrogen) atoms. The lowest BCUT2D eigenvalue weighted by atomic mass is 9.72. The average Bonchev–Trinajstić information content (AvgIpc) is 2.97. The van der Waals surface area contributed by atoms with E-state index in [0.717, 1.165) is 0 Å². The van der Waals surface area contributed by atoms with Crippen molar-refractivity contribution in [2.75, 3.05) is 13.7 Å². The Morgan fingerprint density at radius 3 is 2.47 bits per heavy atom. The van der Waals surface area contributed by atoms with E-state index in [0.29, 0.717) is 0 Å². The molecule has 5 rings (SSSR count). The zero-order chi connectivity index (χ0) is 31.4. The van der Waals surface area contributed by atoms with Gasteiger partial charge in [-0.3, -0.25) is 14.4 Å². The molecule has 0 radical (unpaired) electrons. The minimum absolute atomic E-state index is 0.0547. The maximum absolute atomic E-state index is 13.7. The zero-order valence-electron chi connectivity index (χ0n) is 22.9. The van der Waals surface area contributed by atoms with Gasteiger partial charge in [-0.05, 0) is 13.0 Å². The van der Waals surface area contributed by atoms with Crippen molar-refractivity contribution in [1.29, 1.82) is 0 Å². The van der Waals surface area contributed by atoms with Gasteiger partial charge in [-0.15, -0.1) is 5.48 Å². The summed E-state index contributed by atoms with van der Waals surface area (Å²) in [7, 11) is 1.29. The number of hydrogen-bond acceptors (Lipinski definition) is 14. The molecule has 230 valence electrons. The molecule has 7 N–H and O–H groups in total. The molecule has 0 amide bonds. The van der Waals surface area contributed by atoms with Gasteiger partial charge in [0.05, 0.1) is 48.2 Å². The van der Waals surface area contributed by atoms with Gasteiger partial charge >= 0.3 is 6.16 Å². The lowest BCUT2D eigenvalue weighted by molar-refractivity contribution is -0.255. The second kappa shape index (κ2) is 11.2. The standard InChI is InChI=1S/C28H29NO14/c1-10-22(32)13(29-43-27(37)38)6-17(41-10)42-15-8-28(39,16(31)9-30)7-12-19(15)26(36)21-20(24(12)34)23(33)11-4-3-5-14(40-2)18(11)25(21)35/h3-5,10,13,15,17,22,29-30,32,34,36,39H,6-9H2,1-2H3,(H,37,38)/t10?,13?,15-,17?,22?,28-/m0/s1. The van der Waals surface area contributed by atoms with Crippen LogP contribution in [-0.4, -0.2) is 98.0 Å². The minimum Gasteiger partial charge on any atom is -0.507 e. The highest BCUT2D eigenvalue weighted by atomic mass is 16.8. The number of aliphatic hydroxyl groups excluding tert-OH is 2. The summed E-state index contributed by atoms with van der Waals surface area (Å²) < 4.78 is 17.0. The maximum Gasteiger partial charge on any atom is 0.525 e. The van der Waals surface area contributed by atoms with E-state index >= 15 is 0 Å². The van der Waals surface area contributed by atoms with E-state index in [9.17, 15) is 44.7 Å². The number of aromatic hydroxyl groups is 2. The topological polar surface area (TPSA) is 239 Å². The zero-order valence-corrected chi connectivity index (χ0v) is 22.9. The molecule has 0 aromatic heterocycles. The fourth-order valence-corrected chi connectivity index (χ4v) is 5.96. The van der Waals surface area contributed by atoms with Crippen LogP contribution in [0.3, 0.4) is 0 Å². The lowest BCUT2D eigenvalue weighted by Crippen LogP contribution is -2.54. The largest absolute Gasteiger partial charge is 0.525 e. The predicted molar refractivity (Wildman–Crippen MR) is 140 cm³/mol. The van der Waals surface area contributed by atoms with E-state index in [1.54, 1.807) is 0 Å². The van der Waals surface area contributed by atoms with E-state index in [1.165, 1.54) is 32.2 Å². The first kappa shape index (κ1) is 30.3. The average molecular weight is 604 g/mol. The number of ether oxygens (including phenoxy) is 3. The van der Waals surface area contributed by atoms with Crippen LogP contribution in [0.1, 0.15) is 68.8 Å². The molecule has 2 aromatic carbocycles. The molecular formula is C28H29NO14. The SMILES string of the molecule is COc1cccc2c1C(=O)c1c(O)c3c(c(O)c1C2=O)C[C@@](O)(C(=O)CO)C[C@@H]3OC1CC(NOC(=O)O)C(O)C(C)O1. The van der Waals surface area contributed by atoms with Crippen LogP contribution >= 0.6 is 0 Å². The van der Waals surface area contributed by atoms with E-state index in [1.807, 2.05) is 0 Å². The third-order valence-corrected chi connectivity index (χ3v) is 8.06. The third kappa shape index (κ3) is 4.99. The molecule has 0 bridgehead atoms. The van der Waals surface area contributed by atoms with Gasteiger partial charge in [-0.1, -0.05) is 12.1 Å². The number of phenolic OH excluding ortho intramolecular Hbond substituents is 2. The van der Waals surface area contributed by atoms with E-state index in [-0.39, 0.29) is 34.4 Å². The van der Waals surface area contributed by atoms with Crippen LogP contribution in [0.4, 0.5) is 4.79 Å². The molecule has 2 aromatic rings. The predicted octanol–water partition coefficient (Wildman–Crippen LogP) is 0.242. The van der Waals surface area contributed by atoms with Crippen LogP contribution in [0, 0.1) is 0 Å². The van der Waals surface area contributed by atoms with Crippen LogP contribution in [0.5, 0.6) is 17.2 Å². The Bertz CT molecular complexity index is 1520. The van der Waals surface area contributed by atoms with Crippen LogP contribution in [0.25, 0.3) is 0 Å². The lowest BCUT2D eigenvalue weighted by Gasteiger charge is -2.42. The van der Waals surface area contributed by atoms with Crippen LogP contribution in [0.15, 0.2) is 18.2 Å². The summed E-state index contributed by atoms with van der Waals surface area (Å²) >= 11 is 0. The van der Waals surface area contributed by atoms with Crippen LogP contribution in [0.2, 0.25) is 0 Å². The first-order valence-corrected chi connectivity index (χ1v) is 13.2. The summed E-state index contributed by atoms with van der Waals surface area (Å²) in [6.45, 7) is 0.382. The van der Waals surface area contributed by atoms with Crippen molar-refractivity contribution in [2.45, 2.75) is 62.4 Å². The summed E-state index contributed by atoms with van der Waals surface area (Å²) in [5.74, 6) is -4.14. The molecule has 1 fully saturated rings. The number of carbonyl (C=O) groups is 4. The molecule has 6 atom stereocenters. The van der Waals surface area contributed by atoms with Gasteiger partial charge in [-0.25, -0.2) is 4.79 Å². The highest BCUT2D eigenvalue weighted by Gasteiger charge is 2.50. The summed E-state index contributed by atoms with van der Waals surface area (Å²) in [5.41, 5.74) is -1.92. The number of fused-ring (bicyclic) bond motifs is 3. The third-order valence-electron chi connectivity index (χ3n) is 8.06. The molecule has 1 saturated heterocycles. The quantitative estimate of drug-likeness (QED) is 0.141. The van der Waals surface area contributed by atoms with Crippen molar-refractivity contribution in [3.63, 3.8) is 0 Å². The second-order valence-electron chi connectivity index (χ2n) is 10.6. The number of nitrogens with one attached hydrogen (secondary N) is 1. The molecule has 2 aliphatic carbocycles. The number of hydroxylamine groups is 1. The number of carboxylic acid groups (broad SMARTS) is 1. The Kier molecular flexibility index (Phi) is 7.89. The Morgan fingerprint density at radius 1 is 1.12 bits per heavy atom. The first-order chi connectivity index (χ1) is 20.3. The molecule has 3 aliphatic rings. The van der Waals surface area contributed by atoms with Gasteiger partial charge in [0.2, 0.25) is 5.78 Å². The Balaban J connectivity index is 1.62. The smallest absolute Gasteiger partial charge is 0.507 e. The number of aliphatic hydroxyl groups is 3. The van der Waals surface area contributed by atoms with Crippen molar-refractivity contribution in [1.82, 2.24) is 5.48 Å². The van der Waals surface area contributed by atoms with E-state index in [2.05, 4.69) is 10.3 Å². The van der Waals surface area contributed by atoms with Crippen molar-refractivity contribution >= 4 is 23.5 Å². The monoisotopic (exact) mass is 603 g/mol. The molecule has 15 heteroatoms. The number of methoxy groups -OCH3 is 1. The van der Waals surface area contributed by atoms with Crippen molar-refractivity contribution in [3.8, 4) is 17.2 Å². The number of ketones is 3. The van der Waals surface area contributed by atoms with Gasteiger partial charge in [-0.2, -0.15) is 0 Å². The summed E-state index contributed by atoms with van der Waals surface area (Å²) in [5, 5.41) is 63.1. The Labute approximate surface area is 243 Å². The number of phenols is 2. The molecular weight excluding hydrogens is 574 g/mol. The molecule has 4 unspecified atom stereocenters. The first-order valence-electron chi connectivity index (χ1n) is 13.2. The fourth-order valence-electron chi connectivity index (χ4n) is 5.96. The van der Waals surface area contributed by atoms with Crippen LogP contribution in [-0.2, 0) is 25.5 Å². The van der Waals surface area contributed by atoms with Gasteiger partial charge in [0, 0.05) is 36.0 Å². The van der Waals surface area contributed by atoms with Crippen LogP contribution < -0.4 is 10.2 Å². The summed E-state index contributed by atoms with van der Waals surface area (Å²) in [4.78, 5) is 55.2. The molecule has 15 nitrogen and oxygen atoms in total. The number of rotatable bonds is 7. The number of carbonyl (C=O) groups excluding carboxylic acids is 3. The Hall–Kier alpha value is -4.12. The fraction of sp³-hybridized carbons (Fsp3) is 0.429. The van der Waals surface area contributed by atoms with Crippen molar-refractivity contribution in [3.05, 3.63) is 51.6 Å². The van der Waals surface area contributed by atoms with Gasteiger partial charge in [0.15, 0.2) is 17.9 Å². The Morgan fingerprint density at radius 2 is 1.81 bits per heavy atom. The van der Waals surface area contributed by atoms with Crippen molar-refractivity contribution in [2.24, 2.45) is 0 Å². The highest BCUT2D eigenvalue weighted by molar-refractivity contribution is 6.31. The molecule has 1 heterocycles. The number of hydrogen-bond donors (Lipinski definition) is 7. The number of benzene rings is 2. The normalized spacial score (nSPS) is 28.0. The number of Topliss-reactive ketones (excluding diaryl/α,β-unsaturated/α-hetero) is 1. The molecule has 0 saturated carbocycles. The van der Waals surface area contributed by atoms with Gasteiger partial charge < -0.3 is 49.7 Å². The highest BCUT2D eigenvalue weighted by Crippen LogP contribution is 2.52. The summed E-state index contributed by atoms with van der Waals surface area (Å²) in [6, 6.07) is 3.24. The van der Waals surface area contributed by atoms with Gasteiger partial charge in [0.25, 0.3) is 0 Å². The van der Waals surface area contributed by atoms with E-state index in [4.69, 9.17) is 19.3 Å². The molecule has 0 spiro atoms. The van der Waals surface area contributed by atoms with Gasteiger partial charge in [0.1, 0.15) is 29.5 Å². The minimum atomic E-state index is -2.34. The molecule has 1 aliphatic heterocycles.